The number of hydrogen-bond donors (Lipinski definition) is 0. The molecule has 0 radical (unpaired) electrons. The van der Waals surface area contributed by atoms with Crippen LogP contribution in [0, 0.1) is 20.2 Å². The maximum Gasteiger partial charge on any atom is 0.339 e. The fourth-order valence-electron chi connectivity index (χ4n) is 1.92. The van der Waals surface area contributed by atoms with Crippen LogP contribution in [0.15, 0.2) is 17.2 Å². The minimum atomic E-state index is -0.779. The van der Waals surface area contributed by atoms with Crippen LogP contribution in [-0.2, 0) is 0 Å². The van der Waals surface area contributed by atoms with E-state index >= 15 is 0 Å². The van der Waals surface area contributed by atoms with Crippen LogP contribution in [0.25, 0.3) is 0 Å². The normalized spacial score (nSPS) is 16.0. The molecule has 0 fully saturated rings. The number of quaternary nitrogens is 1. The van der Waals surface area contributed by atoms with Crippen LogP contribution in [0.4, 0.5) is 17.1 Å². The second-order valence-corrected chi connectivity index (χ2v) is 4.17. The number of non-ortho nitro benzene ring substituents is 1. The highest BCUT2D eigenvalue weighted by molar-refractivity contribution is 6.02. The minimum absolute atomic E-state index is 0.0654. The van der Waals surface area contributed by atoms with Crippen LogP contribution in [0.5, 0.6) is 0 Å². The molecule has 0 atom stereocenters. The minimum Gasteiger partial charge on any atom is -0.854 e. The van der Waals surface area contributed by atoms with Crippen molar-refractivity contribution in [2.75, 3.05) is 14.1 Å². The molecule has 0 N–H and O–H groups in total. The van der Waals surface area contributed by atoms with Crippen molar-refractivity contribution in [2.24, 2.45) is 5.10 Å². The van der Waals surface area contributed by atoms with Gasteiger partial charge in [-0.1, -0.05) is 5.10 Å². The Morgan fingerprint density at radius 1 is 1.17 bits per heavy atom. The molecule has 9 heteroatoms. The van der Waals surface area contributed by atoms with Crippen molar-refractivity contribution in [3.8, 4) is 0 Å². The Balaban J connectivity index is 2.82. The van der Waals surface area contributed by atoms with Crippen LogP contribution >= 0.6 is 0 Å². The first-order valence-corrected chi connectivity index (χ1v) is 4.83. The zero-order chi connectivity index (χ0) is 13.7. The Labute approximate surface area is 100 Å². The number of nitrogens with zero attached hydrogens (tertiary/aromatic N) is 4. The summed E-state index contributed by atoms with van der Waals surface area (Å²) in [5, 5.41) is 36.9. The summed E-state index contributed by atoms with van der Waals surface area (Å²) in [6.45, 7) is 0. The van der Waals surface area contributed by atoms with E-state index in [9.17, 15) is 25.3 Å². The molecule has 1 aliphatic rings. The molecule has 1 heterocycles. The fraction of sp³-hybridized carbons (Fsp3) is 0.222. The predicted octanol–water partition coefficient (Wildman–Crippen LogP) is 0.105. The van der Waals surface area contributed by atoms with Gasteiger partial charge >= 0.3 is 5.69 Å². The molecule has 9 nitrogen and oxygen atoms in total. The molecular formula is C9H8N4O5. The van der Waals surface area contributed by atoms with Gasteiger partial charge in [0.1, 0.15) is 6.07 Å². The standard InChI is InChI=1S/C9H8N4O5/c1-13(2)8-6(9(14)10-13)3-5(11(15)16)4-7(8)12(17)18/h3-4H,1-2H3. The molecule has 0 unspecified atom stereocenters. The first kappa shape index (κ1) is 11.9. The van der Waals surface area contributed by atoms with Gasteiger partial charge in [0.15, 0.2) is 0 Å². The number of fused-ring (bicyclic) bond motifs is 1. The lowest BCUT2D eigenvalue weighted by Gasteiger charge is -2.17. The molecular weight excluding hydrogens is 244 g/mol. The second-order valence-electron chi connectivity index (χ2n) is 4.17. The number of hydrogen-bond acceptors (Lipinski definition) is 6. The molecule has 94 valence electrons. The van der Waals surface area contributed by atoms with E-state index in [1.165, 1.54) is 14.1 Å². The van der Waals surface area contributed by atoms with Crippen molar-refractivity contribution < 1.29 is 15.0 Å². The van der Waals surface area contributed by atoms with E-state index in [4.69, 9.17) is 0 Å². The summed E-state index contributed by atoms with van der Waals surface area (Å²) in [5.74, 6) is -0.693. The Kier molecular flexibility index (Phi) is 2.30. The SMILES string of the molecule is C[N+]1(C)N=C([O-])c2cc([N+](=O)[O-])cc([N+](=O)[O-])c21. The summed E-state index contributed by atoms with van der Waals surface area (Å²) in [5.41, 5.74) is -0.999. The topological polar surface area (TPSA) is 122 Å². The molecule has 1 aliphatic heterocycles. The summed E-state index contributed by atoms with van der Waals surface area (Å²) in [6, 6.07) is 1.86. The Bertz CT molecular complexity index is 607. The monoisotopic (exact) mass is 252 g/mol. The highest BCUT2D eigenvalue weighted by Gasteiger charge is 2.40. The van der Waals surface area contributed by atoms with E-state index in [2.05, 4.69) is 5.10 Å². The predicted molar refractivity (Wildman–Crippen MR) is 59.9 cm³/mol. The van der Waals surface area contributed by atoms with Gasteiger partial charge in [-0.3, -0.25) is 20.2 Å². The van der Waals surface area contributed by atoms with Crippen LogP contribution in [0.3, 0.4) is 0 Å². The van der Waals surface area contributed by atoms with Gasteiger partial charge in [0.25, 0.3) is 5.69 Å². The highest BCUT2D eigenvalue weighted by Crippen LogP contribution is 2.41. The van der Waals surface area contributed by atoms with Crippen LogP contribution < -0.4 is 9.70 Å². The molecule has 2 rings (SSSR count). The first-order valence-electron chi connectivity index (χ1n) is 4.83. The third-order valence-corrected chi connectivity index (χ3v) is 2.60. The van der Waals surface area contributed by atoms with Crippen molar-refractivity contribution in [3.05, 3.63) is 37.9 Å². The zero-order valence-electron chi connectivity index (χ0n) is 9.48. The number of rotatable bonds is 2. The highest BCUT2D eigenvalue weighted by atomic mass is 16.6. The van der Waals surface area contributed by atoms with E-state index in [1.54, 1.807) is 0 Å². The van der Waals surface area contributed by atoms with Gasteiger partial charge in [0.05, 0.1) is 35.4 Å². The van der Waals surface area contributed by atoms with Gasteiger partial charge in [-0.05, 0) is 0 Å². The first-order chi connectivity index (χ1) is 8.24. The average molecular weight is 252 g/mol. The molecule has 0 amide bonds. The lowest BCUT2D eigenvalue weighted by Crippen LogP contribution is -2.32. The van der Waals surface area contributed by atoms with Crippen molar-refractivity contribution in [1.82, 2.24) is 4.59 Å². The quantitative estimate of drug-likeness (QED) is 0.419. The number of benzene rings is 1. The zero-order valence-corrected chi connectivity index (χ0v) is 9.48. The van der Waals surface area contributed by atoms with Crippen LogP contribution in [0.2, 0.25) is 0 Å². The maximum absolute atomic E-state index is 11.6. The van der Waals surface area contributed by atoms with Gasteiger partial charge < -0.3 is 5.11 Å². The van der Waals surface area contributed by atoms with Crippen molar-refractivity contribution in [1.29, 1.82) is 0 Å². The Morgan fingerprint density at radius 2 is 1.78 bits per heavy atom. The average Bonchev–Trinajstić information content (AvgIpc) is 2.48. The second kappa shape index (κ2) is 3.47. The summed E-state index contributed by atoms with van der Waals surface area (Å²) >= 11 is 0. The van der Waals surface area contributed by atoms with Gasteiger partial charge in [0, 0.05) is 6.07 Å². The maximum atomic E-state index is 11.6. The van der Waals surface area contributed by atoms with Crippen molar-refractivity contribution >= 4 is 23.0 Å². The van der Waals surface area contributed by atoms with E-state index in [0.29, 0.717) is 0 Å². The molecule has 0 saturated heterocycles. The van der Waals surface area contributed by atoms with Gasteiger partial charge in [-0.25, -0.2) is 0 Å². The molecule has 0 bridgehead atoms. The van der Waals surface area contributed by atoms with Gasteiger partial charge in [-0.2, -0.15) is 4.59 Å². The van der Waals surface area contributed by atoms with Gasteiger partial charge in [0.2, 0.25) is 5.69 Å². The Morgan fingerprint density at radius 3 is 2.28 bits per heavy atom. The lowest BCUT2D eigenvalue weighted by atomic mass is 10.1. The molecule has 18 heavy (non-hydrogen) atoms. The summed E-state index contributed by atoms with van der Waals surface area (Å²) < 4.78 is -0.345. The third-order valence-electron chi connectivity index (χ3n) is 2.60. The smallest absolute Gasteiger partial charge is 0.339 e. The summed E-state index contributed by atoms with van der Waals surface area (Å²) in [4.78, 5) is 20.1. The van der Waals surface area contributed by atoms with Crippen molar-refractivity contribution in [3.63, 3.8) is 0 Å². The molecule has 1 aromatic carbocycles. The van der Waals surface area contributed by atoms with E-state index in [0.717, 1.165) is 12.1 Å². The molecule has 0 spiro atoms. The summed E-state index contributed by atoms with van der Waals surface area (Å²) in [6.07, 6.45) is 0. The van der Waals surface area contributed by atoms with E-state index in [1.807, 2.05) is 0 Å². The van der Waals surface area contributed by atoms with Crippen LogP contribution in [-0.4, -0.2) is 29.8 Å². The molecule has 0 aromatic heterocycles. The number of nitro groups is 2. The molecule has 0 saturated carbocycles. The molecule has 0 aliphatic carbocycles. The third kappa shape index (κ3) is 1.57. The summed E-state index contributed by atoms with van der Waals surface area (Å²) in [7, 11) is 2.98. The largest absolute Gasteiger partial charge is 0.854 e. The van der Waals surface area contributed by atoms with Crippen molar-refractivity contribution in [2.45, 2.75) is 0 Å². The molecule has 1 aromatic rings. The van der Waals surface area contributed by atoms with E-state index < -0.39 is 27.1 Å². The van der Waals surface area contributed by atoms with Gasteiger partial charge in [-0.15, -0.1) is 0 Å². The van der Waals surface area contributed by atoms with Crippen LogP contribution in [0.1, 0.15) is 5.56 Å². The number of nitro benzene ring substituents is 2. The Hall–Kier alpha value is -2.55. The lowest BCUT2D eigenvalue weighted by molar-refractivity contribution is -0.394. The van der Waals surface area contributed by atoms with E-state index in [-0.39, 0.29) is 15.8 Å². The fourth-order valence-corrected chi connectivity index (χ4v) is 1.92.